The van der Waals surface area contributed by atoms with Gasteiger partial charge in [-0.3, -0.25) is 4.79 Å². The third-order valence-corrected chi connectivity index (χ3v) is 2.53. The summed E-state index contributed by atoms with van der Waals surface area (Å²) in [5.41, 5.74) is 5.52. The van der Waals surface area contributed by atoms with Crippen LogP contribution in [0.3, 0.4) is 0 Å². The Morgan fingerprint density at radius 1 is 1.53 bits per heavy atom. The van der Waals surface area contributed by atoms with Gasteiger partial charge < -0.3 is 11.1 Å². The maximum atomic E-state index is 13.2. The number of hydrogen-bond acceptors (Lipinski definition) is 2. The molecule has 6 heteroatoms. The average molecular weight is 326 g/mol. The van der Waals surface area contributed by atoms with Crippen molar-refractivity contribution >= 4 is 34.2 Å². The first-order valence-electron chi connectivity index (χ1n) is 4.82. The summed E-state index contributed by atoms with van der Waals surface area (Å²) in [6.07, 6.45) is 0. The maximum absolute atomic E-state index is 13.2. The molecule has 1 aromatic carbocycles. The maximum Gasteiger partial charge on any atom is 0.251 e. The first-order valence-corrected chi connectivity index (χ1v) is 5.61. The fourth-order valence-electron chi connectivity index (χ4n) is 1.05. The summed E-state index contributed by atoms with van der Waals surface area (Å²) in [5, 5.41) is 2.64. The van der Waals surface area contributed by atoms with Crippen LogP contribution in [0.1, 0.15) is 24.2 Å². The Kier molecular flexibility index (Phi) is 6.09. The molecule has 0 aliphatic rings. The molecule has 17 heavy (non-hydrogen) atoms. The molecular formula is C11H15BrClFN2O. The van der Waals surface area contributed by atoms with Gasteiger partial charge in [0.2, 0.25) is 0 Å². The van der Waals surface area contributed by atoms with E-state index in [2.05, 4.69) is 21.2 Å². The van der Waals surface area contributed by atoms with E-state index in [0.29, 0.717) is 11.0 Å². The zero-order valence-electron chi connectivity index (χ0n) is 9.59. The van der Waals surface area contributed by atoms with Crippen LogP contribution in [-0.4, -0.2) is 18.0 Å². The Morgan fingerprint density at radius 3 is 2.59 bits per heavy atom. The quantitative estimate of drug-likeness (QED) is 0.897. The summed E-state index contributed by atoms with van der Waals surface area (Å²) < 4.78 is 13.5. The number of nitrogens with one attached hydrogen (secondary N) is 1. The lowest BCUT2D eigenvalue weighted by Crippen LogP contribution is -2.45. The zero-order chi connectivity index (χ0) is 12.3. The third kappa shape index (κ3) is 5.48. The summed E-state index contributed by atoms with van der Waals surface area (Å²) in [6.45, 7) is 3.94. The van der Waals surface area contributed by atoms with Crippen LogP contribution in [0.25, 0.3) is 0 Å². The van der Waals surface area contributed by atoms with Gasteiger partial charge in [0.05, 0.1) is 4.47 Å². The second-order valence-electron chi connectivity index (χ2n) is 4.30. The van der Waals surface area contributed by atoms with Crippen LogP contribution in [0, 0.1) is 5.82 Å². The van der Waals surface area contributed by atoms with E-state index in [0.717, 1.165) is 0 Å². The van der Waals surface area contributed by atoms with Crippen LogP contribution in [0.4, 0.5) is 4.39 Å². The molecule has 1 amide bonds. The Morgan fingerprint density at radius 2 is 2.12 bits per heavy atom. The molecule has 0 saturated carbocycles. The lowest BCUT2D eigenvalue weighted by Gasteiger charge is -2.18. The first kappa shape index (κ1) is 16.4. The fraction of sp³-hybridized carbons (Fsp3) is 0.364. The van der Waals surface area contributed by atoms with Crippen molar-refractivity contribution in [1.29, 1.82) is 0 Å². The highest BCUT2D eigenvalue weighted by Crippen LogP contribution is 2.16. The molecule has 0 heterocycles. The van der Waals surface area contributed by atoms with E-state index < -0.39 is 11.4 Å². The molecule has 3 nitrogen and oxygen atoms in total. The van der Waals surface area contributed by atoms with Crippen LogP contribution in [0.5, 0.6) is 0 Å². The van der Waals surface area contributed by atoms with Gasteiger partial charge in [0, 0.05) is 17.6 Å². The normalized spacial score (nSPS) is 10.6. The average Bonchev–Trinajstić information content (AvgIpc) is 2.17. The number of halogens is 3. The van der Waals surface area contributed by atoms with Crippen molar-refractivity contribution < 1.29 is 9.18 Å². The minimum absolute atomic E-state index is 0. The SMILES string of the molecule is CC(C)(N)CNC(=O)c1ccc(Br)c(F)c1.Cl. The second kappa shape index (κ2) is 6.33. The van der Waals surface area contributed by atoms with Gasteiger partial charge in [-0.1, -0.05) is 0 Å². The monoisotopic (exact) mass is 324 g/mol. The van der Waals surface area contributed by atoms with E-state index in [1.165, 1.54) is 12.1 Å². The van der Waals surface area contributed by atoms with E-state index in [1.54, 1.807) is 19.9 Å². The molecule has 0 atom stereocenters. The van der Waals surface area contributed by atoms with E-state index in [4.69, 9.17) is 5.73 Å². The van der Waals surface area contributed by atoms with E-state index in [9.17, 15) is 9.18 Å². The number of benzene rings is 1. The van der Waals surface area contributed by atoms with E-state index in [1.807, 2.05) is 0 Å². The zero-order valence-corrected chi connectivity index (χ0v) is 12.0. The van der Waals surface area contributed by atoms with Gasteiger partial charge in [-0.05, 0) is 48.0 Å². The molecule has 0 aliphatic heterocycles. The Balaban J connectivity index is 0.00000256. The van der Waals surface area contributed by atoms with Gasteiger partial charge in [-0.25, -0.2) is 4.39 Å². The van der Waals surface area contributed by atoms with Crippen LogP contribution in [-0.2, 0) is 0 Å². The molecule has 1 rings (SSSR count). The molecular weight excluding hydrogens is 310 g/mol. The highest BCUT2D eigenvalue weighted by atomic mass is 79.9. The number of nitrogens with two attached hydrogens (primary N) is 1. The predicted octanol–water partition coefficient (Wildman–Crippen LogP) is 2.48. The van der Waals surface area contributed by atoms with Crippen LogP contribution in [0.15, 0.2) is 22.7 Å². The number of carbonyl (C=O) groups is 1. The number of amides is 1. The van der Waals surface area contributed by atoms with Crippen LogP contribution in [0.2, 0.25) is 0 Å². The Bertz CT molecular complexity index is 407. The molecule has 0 radical (unpaired) electrons. The molecule has 0 aromatic heterocycles. The van der Waals surface area contributed by atoms with Crippen molar-refractivity contribution in [3.05, 3.63) is 34.1 Å². The topological polar surface area (TPSA) is 55.1 Å². The lowest BCUT2D eigenvalue weighted by atomic mass is 10.1. The minimum atomic E-state index is -0.483. The van der Waals surface area contributed by atoms with Crippen molar-refractivity contribution in [1.82, 2.24) is 5.32 Å². The number of carbonyl (C=O) groups excluding carboxylic acids is 1. The van der Waals surface area contributed by atoms with Gasteiger partial charge >= 0.3 is 0 Å². The summed E-state index contributed by atoms with van der Waals surface area (Å²) in [6, 6.07) is 4.23. The van der Waals surface area contributed by atoms with Crippen LogP contribution < -0.4 is 11.1 Å². The first-order chi connectivity index (χ1) is 7.29. The molecule has 0 unspecified atom stereocenters. The second-order valence-corrected chi connectivity index (χ2v) is 5.15. The highest BCUT2D eigenvalue weighted by Gasteiger charge is 2.14. The standard InChI is InChI=1S/C11H14BrFN2O.ClH/c1-11(2,14)6-15-10(16)7-3-4-8(12)9(13)5-7;/h3-5H,6,14H2,1-2H3,(H,15,16);1H. The lowest BCUT2D eigenvalue weighted by molar-refractivity contribution is 0.0945. The van der Waals surface area contributed by atoms with Crippen molar-refractivity contribution in [2.45, 2.75) is 19.4 Å². The van der Waals surface area contributed by atoms with Crippen molar-refractivity contribution in [2.75, 3.05) is 6.54 Å². The fourth-order valence-corrected chi connectivity index (χ4v) is 1.29. The molecule has 3 N–H and O–H groups in total. The van der Waals surface area contributed by atoms with E-state index in [-0.39, 0.29) is 23.9 Å². The van der Waals surface area contributed by atoms with Crippen molar-refractivity contribution in [2.24, 2.45) is 5.73 Å². The van der Waals surface area contributed by atoms with Crippen molar-refractivity contribution in [3.8, 4) is 0 Å². The molecule has 0 saturated heterocycles. The summed E-state index contributed by atoms with van der Waals surface area (Å²) in [4.78, 5) is 11.6. The Labute approximate surface area is 114 Å². The highest BCUT2D eigenvalue weighted by molar-refractivity contribution is 9.10. The number of rotatable bonds is 3. The largest absolute Gasteiger partial charge is 0.350 e. The summed E-state index contributed by atoms with van der Waals surface area (Å²) in [5.74, 6) is -0.787. The minimum Gasteiger partial charge on any atom is -0.350 e. The smallest absolute Gasteiger partial charge is 0.251 e. The predicted molar refractivity (Wildman–Crippen MR) is 71.9 cm³/mol. The summed E-state index contributed by atoms with van der Waals surface area (Å²) >= 11 is 3.02. The van der Waals surface area contributed by atoms with Gasteiger partial charge in [0.25, 0.3) is 5.91 Å². The molecule has 0 spiro atoms. The number of hydrogen-bond donors (Lipinski definition) is 2. The Hall–Kier alpha value is -0.650. The van der Waals surface area contributed by atoms with Gasteiger partial charge in [0.15, 0.2) is 0 Å². The molecule has 0 bridgehead atoms. The van der Waals surface area contributed by atoms with E-state index >= 15 is 0 Å². The molecule has 96 valence electrons. The molecule has 1 aromatic rings. The van der Waals surface area contributed by atoms with Gasteiger partial charge in [-0.15, -0.1) is 12.4 Å². The van der Waals surface area contributed by atoms with Gasteiger partial charge in [0.1, 0.15) is 5.82 Å². The molecule has 0 fully saturated rings. The summed E-state index contributed by atoms with van der Waals surface area (Å²) in [7, 11) is 0. The van der Waals surface area contributed by atoms with Gasteiger partial charge in [-0.2, -0.15) is 0 Å². The molecule has 0 aliphatic carbocycles. The third-order valence-electron chi connectivity index (χ3n) is 1.89. The van der Waals surface area contributed by atoms with Crippen LogP contribution >= 0.6 is 28.3 Å². The van der Waals surface area contributed by atoms with Crippen molar-refractivity contribution in [3.63, 3.8) is 0 Å².